The molecule has 0 radical (unpaired) electrons. The Labute approximate surface area is 103 Å². The lowest BCUT2D eigenvalue weighted by molar-refractivity contribution is 0.546. The summed E-state index contributed by atoms with van der Waals surface area (Å²) in [6.45, 7) is 10.6. The van der Waals surface area contributed by atoms with E-state index in [-0.39, 0.29) is 0 Å². The second kappa shape index (κ2) is 4.88. The van der Waals surface area contributed by atoms with Gasteiger partial charge in [0.2, 0.25) is 0 Å². The number of rotatable bonds is 4. The second-order valence-corrected chi connectivity index (χ2v) is 4.97. The molecule has 0 aliphatic heterocycles. The summed E-state index contributed by atoms with van der Waals surface area (Å²) in [5.74, 6) is 0. The molecule has 0 bridgehead atoms. The van der Waals surface area contributed by atoms with E-state index in [4.69, 9.17) is 0 Å². The first-order valence-corrected chi connectivity index (χ1v) is 6.23. The summed E-state index contributed by atoms with van der Waals surface area (Å²) in [7, 11) is 0. The van der Waals surface area contributed by atoms with Crippen molar-refractivity contribution in [3.05, 3.63) is 29.6 Å². The van der Waals surface area contributed by atoms with Crippen LogP contribution in [0, 0.1) is 13.8 Å². The van der Waals surface area contributed by atoms with Crippen LogP contribution in [0.5, 0.6) is 0 Å². The highest BCUT2D eigenvalue weighted by atomic mass is 15.1. The molecule has 0 aliphatic carbocycles. The zero-order valence-electron chi connectivity index (χ0n) is 11.1. The second-order valence-electron chi connectivity index (χ2n) is 4.97. The summed E-state index contributed by atoms with van der Waals surface area (Å²) in [6, 6.07) is 4.93. The molecule has 0 saturated heterocycles. The first-order valence-electron chi connectivity index (χ1n) is 6.23. The Bertz CT molecular complexity index is 511. The number of hydrogen-bond donors (Lipinski definition) is 1. The van der Waals surface area contributed by atoms with Crippen molar-refractivity contribution in [1.29, 1.82) is 0 Å². The Morgan fingerprint density at radius 2 is 1.94 bits per heavy atom. The van der Waals surface area contributed by atoms with Crippen LogP contribution in [-0.4, -0.2) is 22.1 Å². The van der Waals surface area contributed by atoms with Crippen LogP contribution in [0.3, 0.4) is 0 Å². The minimum Gasteiger partial charge on any atom is -0.329 e. The van der Waals surface area contributed by atoms with E-state index in [9.17, 15) is 0 Å². The molecule has 1 N–H and O–H groups in total. The molecular weight excluding hydrogens is 210 g/mol. The third-order valence-corrected chi connectivity index (χ3v) is 3.14. The van der Waals surface area contributed by atoms with Crippen LogP contribution in [0.1, 0.15) is 25.0 Å². The Balaban J connectivity index is 2.21. The lowest BCUT2D eigenvalue weighted by atomic mass is 10.1. The summed E-state index contributed by atoms with van der Waals surface area (Å²) in [4.78, 5) is 4.45. The fourth-order valence-electron chi connectivity index (χ4n) is 1.97. The van der Waals surface area contributed by atoms with E-state index in [1.165, 1.54) is 16.6 Å². The van der Waals surface area contributed by atoms with Crippen LogP contribution in [0.4, 0.5) is 0 Å². The Morgan fingerprint density at radius 3 is 2.65 bits per heavy atom. The van der Waals surface area contributed by atoms with Gasteiger partial charge in [0.1, 0.15) is 0 Å². The van der Waals surface area contributed by atoms with Gasteiger partial charge in [-0.25, -0.2) is 4.98 Å². The SMILES string of the molecule is Cc1cc2ncn(CCNC(C)C)c2cc1C. The molecule has 1 heterocycles. The number of aromatic nitrogens is 2. The molecule has 0 unspecified atom stereocenters. The molecule has 3 heteroatoms. The maximum Gasteiger partial charge on any atom is 0.0958 e. The maximum absolute atomic E-state index is 4.45. The highest BCUT2D eigenvalue weighted by Crippen LogP contribution is 2.18. The highest BCUT2D eigenvalue weighted by molar-refractivity contribution is 5.77. The van der Waals surface area contributed by atoms with Crippen molar-refractivity contribution in [2.24, 2.45) is 0 Å². The summed E-state index contributed by atoms with van der Waals surface area (Å²) < 4.78 is 2.22. The molecule has 2 aromatic rings. The Hall–Kier alpha value is -1.35. The minimum atomic E-state index is 0.536. The molecule has 0 saturated carbocycles. The molecule has 0 fully saturated rings. The van der Waals surface area contributed by atoms with Crippen molar-refractivity contribution in [2.45, 2.75) is 40.3 Å². The lowest BCUT2D eigenvalue weighted by Crippen LogP contribution is -2.26. The van der Waals surface area contributed by atoms with E-state index in [1.54, 1.807) is 0 Å². The van der Waals surface area contributed by atoms with Gasteiger partial charge in [-0.1, -0.05) is 13.8 Å². The van der Waals surface area contributed by atoms with Crippen molar-refractivity contribution in [3.8, 4) is 0 Å². The molecule has 0 spiro atoms. The molecule has 1 aromatic heterocycles. The number of fused-ring (bicyclic) bond motifs is 1. The highest BCUT2D eigenvalue weighted by Gasteiger charge is 2.04. The maximum atomic E-state index is 4.45. The monoisotopic (exact) mass is 231 g/mol. The van der Waals surface area contributed by atoms with Crippen LogP contribution in [0.2, 0.25) is 0 Å². The summed E-state index contributed by atoms with van der Waals surface area (Å²) in [5, 5.41) is 3.43. The number of benzene rings is 1. The van der Waals surface area contributed by atoms with Crippen LogP contribution in [-0.2, 0) is 6.54 Å². The number of imidazole rings is 1. The zero-order valence-corrected chi connectivity index (χ0v) is 11.1. The van der Waals surface area contributed by atoms with Gasteiger partial charge < -0.3 is 9.88 Å². The number of hydrogen-bond acceptors (Lipinski definition) is 2. The van der Waals surface area contributed by atoms with Gasteiger partial charge in [-0.05, 0) is 37.1 Å². The van der Waals surface area contributed by atoms with Gasteiger partial charge in [-0.15, -0.1) is 0 Å². The van der Waals surface area contributed by atoms with Crippen molar-refractivity contribution >= 4 is 11.0 Å². The molecular formula is C14H21N3. The van der Waals surface area contributed by atoms with E-state index in [0.717, 1.165) is 18.6 Å². The fraction of sp³-hybridized carbons (Fsp3) is 0.500. The average molecular weight is 231 g/mol. The van der Waals surface area contributed by atoms with Gasteiger partial charge in [0, 0.05) is 19.1 Å². The lowest BCUT2D eigenvalue weighted by Gasteiger charge is -2.09. The first-order chi connectivity index (χ1) is 8.08. The van der Waals surface area contributed by atoms with Crippen LogP contribution in [0.15, 0.2) is 18.5 Å². The van der Waals surface area contributed by atoms with Crippen molar-refractivity contribution in [3.63, 3.8) is 0 Å². The largest absolute Gasteiger partial charge is 0.329 e. The zero-order chi connectivity index (χ0) is 12.4. The normalized spacial score (nSPS) is 11.6. The Kier molecular flexibility index (Phi) is 3.48. The molecule has 0 aliphatic rings. The molecule has 1 aromatic carbocycles. The van der Waals surface area contributed by atoms with E-state index in [2.05, 4.69) is 54.7 Å². The van der Waals surface area contributed by atoms with Crippen molar-refractivity contribution in [2.75, 3.05) is 6.54 Å². The Morgan fingerprint density at radius 1 is 1.24 bits per heavy atom. The molecule has 0 atom stereocenters. The fourth-order valence-corrected chi connectivity index (χ4v) is 1.97. The van der Waals surface area contributed by atoms with Gasteiger partial charge in [0.05, 0.1) is 17.4 Å². The predicted octanol–water partition coefficient (Wildman–Crippen LogP) is 2.65. The van der Waals surface area contributed by atoms with E-state index < -0.39 is 0 Å². The molecule has 0 amide bonds. The molecule has 3 nitrogen and oxygen atoms in total. The number of nitrogens with one attached hydrogen (secondary N) is 1. The average Bonchev–Trinajstić information content (AvgIpc) is 2.62. The van der Waals surface area contributed by atoms with Gasteiger partial charge in [0.15, 0.2) is 0 Å². The van der Waals surface area contributed by atoms with Gasteiger partial charge in [0.25, 0.3) is 0 Å². The third kappa shape index (κ3) is 2.67. The third-order valence-electron chi connectivity index (χ3n) is 3.14. The van der Waals surface area contributed by atoms with Crippen molar-refractivity contribution in [1.82, 2.24) is 14.9 Å². The van der Waals surface area contributed by atoms with Gasteiger partial charge in [-0.3, -0.25) is 0 Å². The quantitative estimate of drug-likeness (QED) is 0.876. The van der Waals surface area contributed by atoms with E-state index in [1.807, 2.05) is 6.33 Å². The number of nitrogens with zero attached hydrogens (tertiary/aromatic N) is 2. The van der Waals surface area contributed by atoms with Crippen LogP contribution < -0.4 is 5.32 Å². The standard InChI is InChI=1S/C14H21N3/c1-10(2)15-5-6-17-9-16-13-7-11(3)12(4)8-14(13)17/h7-10,15H,5-6H2,1-4H3. The van der Waals surface area contributed by atoms with Crippen LogP contribution >= 0.6 is 0 Å². The predicted molar refractivity (Wildman–Crippen MR) is 72.3 cm³/mol. The molecule has 92 valence electrons. The molecule has 2 rings (SSSR count). The summed E-state index contributed by atoms with van der Waals surface area (Å²) in [6.07, 6.45) is 1.94. The smallest absolute Gasteiger partial charge is 0.0958 e. The van der Waals surface area contributed by atoms with Gasteiger partial charge in [-0.2, -0.15) is 0 Å². The van der Waals surface area contributed by atoms with Crippen molar-refractivity contribution < 1.29 is 0 Å². The minimum absolute atomic E-state index is 0.536. The van der Waals surface area contributed by atoms with Crippen LogP contribution in [0.25, 0.3) is 11.0 Å². The number of aryl methyl sites for hydroxylation is 2. The summed E-state index contributed by atoms with van der Waals surface area (Å²) >= 11 is 0. The van der Waals surface area contributed by atoms with E-state index in [0.29, 0.717) is 6.04 Å². The van der Waals surface area contributed by atoms with Gasteiger partial charge >= 0.3 is 0 Å². The topological polar surface area (TPSA) is 29.9 Å². The molecule has 17 heavy (non-hydrogen) atoms. The first kappa shape index (κ1) is 12.1. The summed E-state index contributed by atoms with van der Waals surface area (Å²) in [5.41, 5.74) is 4.97. The van der Waals surface area contributed by atoms with E-state index >= 15 is 0 Å².